The lowest BCUT2D eigenvalue weighted by Gasteiger charge is -2.26. The number of Topliss-reactive ketones (excluding diaryl/α,β-unsaturated/α-hetero) is 1. The second-order valence-electron chi connectivity index (χ2n) is 9.16. The lowest BCUT2D eigenvalue weighted by molar-refractivity contribution is -0.159. The highest BCUT2D eigenvalue weighted by Gasteiger charge is 2.79. The predicted octanol–water partition coefficient (Wildman–Crippen LogP) is 2.18. The van der Waals surface area contributed by atoms with Crippen molar-refractivity contribution in [1.82, 2.24) is 5.32 Å². The van der Waals surface area contributed by atoms with Crippen molar-refractivity contribution in [1.29, 1.82) is 0 Å². The molecule has 0 aromatic heterocycles. The van der Waals surface area contributed by atoms with Gasteiger partial charge in [0.25, 0.3) is 0 Å². The highest BCUT2D eigenvalue weighted by molar-refractivity contribution is 5.94. The summed E-state index contributed by atoms with van der Waals surface area (Å²) in [5, 5.41) is 13.1. The Morgan fingerprint density at radius 3 is 2.63 bits per heavy atom. The van der Waals surface area contributed by atoms with Crippen LogP contribution in [0, 0.1) is 5.92 Å². The van der Waals surface area contributed by atoms with Gasteiger partial charge in [0, 0.05) is 12.5 Å². The van der Waals surface area contributed by atoms with E-state index < -0.39 is 30.1 Å². The Kier molecular flexibility index (Phi) is 6.17. The maximum absolute atomic E-state index is 12.3. The van der Waals surface area contributed by atoms with Crippen LogP contribution in [0.5, 0.6) is 0 Å². The van der Waals surface area contributed by atoms with Gasteiger partial charge in [0.1, 0.15) is 30.0 Å². The second kappa shape index (κ2) is 8.54. The molecule has 1 saturated carbocycles. The molecule has 4 rings (SSSR count). The van der Waals surface area contributed by atoms with Crippen molar-refractivity contribution < 1.29 is 28.9 Å². The molecule has 7 unspecified atom stereocenters. The van der Waals surface area contributed by atoms with Crippen LogP contribution >= 0.6 is 0 Å². The lowest BCUT2D eigenvalue weighted by Crippen LogP contribution is -2.49. The number of epoxide rings is 2. The summed E-state index contributed by atoms with van der Waals surface area (Å²) in [5.74, 6) is 0.171. The van der Waals surface area contributed by atoms with Crippen molar-refractivity contribution in [3.8, 4) is 0 Å². The maximum atomic E-state index is 12.3. The molecule has 0 aromatic carbocycles. The number of aliphatic hydroxyl groups excluding tert-OH is 1. The van der Waals surface area contributed by atoms with Gasteiger partial charge in [0.2, 0.25) is 5.91 Å². The van der Waals surface area contributed by atoms with Crippen molar-refractivity contribution >= 4 is 11.7 Å². The molecule has 4 fully saturated rings. The van der Waals surface area contributed by atoms with E-state index >= 15 is 0 Å². The zero-order valence-electron chi connectivity index (χ0n) is 18.0. The standard InChI is InChI=1S/C23H33NO6/c1-4-5-6-7-9-13(2)14(3)10-8-11-16(25)24-15-12-23(30-22(15)27)20-18(28-20)17(26)19-21(23)29-19/h8,10-11,13,15,18-22,27H,4-7,9,12H2,1-3H3,(H,24,25). The number of aliphatic hydroxyl groups is 1. The van der Waals surface area contributed by atoms with E-state index in [1.54, 1.807) is 6.08 Å². The van der Waals surface area contributed by atoms with E-state index in [0.717, 1.165) is 6.42 Å². The van der Waals surface area contributed by atoms with Gasteiger partial charge in [-0.2, -0.15) is 0 Å². The summed E-state index contributed by atoms with van der Waals surface area (Å²) in [7, 11) is 0. The third-order valence-corrected chi connectivity index (χ3v) is 6.93. The Labute approximate surface area is 177 Å². The van der Waals surface area contributed by atoms with Gasteiger partial charge >= 0.3 is 0 Å². The van der Waals surface area contributed by atoms with Crippen LogP contribution in [0.3, 0.4) is 0 Å². The molecule has 7 nitrogen and oxygen atoms in total. The number of carbonyl (C=O) groups is 2. The number of ketones is 1. The number of nitrogens with one attached hydrogen (secondary N) is 1. The van der Waals surface area contributed by atoms with Crippen LogP contribution in [-0.4, -0.2) is 59.1 Å². The van der Waals surface area contributed by atoms with Gasteiger partial charge in [0.05, 0.1) is 6.04 Å². The zero-order chi connectivity index (χ0) is 21.5. The maximum Gasteiger partial charge on any atom is 0.244 e. The van der Waals surface area contributed by atoms with Crippen LogP contribution in [-0.2, 0) is 23.8 Å². The molecule has 0 radical (unpaired) electrons. The topological polar surface area (TPSA) is 101 Å². The van der Waals surface area contributed by atoms with Crippen LogP contribution in [0.15, 0.2) is 23.8 Å². The molecule has 3 saturated heterocycles. The molecule has 3 heterocycles. The minimum atomic E-state index is -1.15. The molecule has 1 amide bonds. The number of carbonyl (C=O) groups excluding carboxylic acids is 2. The van der Waals surface area contributed by atoms with Crippen LogP contribution in [0.1, 0.15) is 59.3 Å². The predicted molar refractivity (Wildman–Crippen MR) is 110 cm³/mol. The first kappa shape index (κ1) is 21.7. The number of hydrogen-bond donors (Lipinski definition) is 2. The largest absolute Gasteiger partial charge is 0.366 e. The first-order chi connectivity index (χ1) is 14.4. The second-order valence-corrected chi connectivity index (χ2v) is 9.16. The van der Waals surface area contributed by atoms with Crippen LogP contribution in [0.2, 0.25) is 0 Å². The summed E-state index contributed by atoms with van der Waals surface area (Å²) in [5.41, 5.74) is 0.410. The van der Waals surface area contributed by atoms with Crippen molar-refractivity contribution in [2.24, 2.45) is 5.92 Å². The van der Waals surface area contributed by atoms with Crippen LogP contribution < -0.4 is 5.32 Å². The highest BCUT2D eigenvalue weighted by atomic mass is 16.7. The first-order valence-electron chi connectivity index (χ1n) is 11.2. The van der Waals surface area contributed by atoms with Gasteiger partial charge in [-0.25, -0.2) is 0 Å². The van der Waals surface area contributed by atoms with E-state index in [4.69, 9.17) is 14.2 Å². The molecule has 4 aliphatic rings. The summed E-state index contributed by atoms with van der Waals surface area (Å²) in [6.45, 7) is 6.52. The zero-order valence-corrected chi connectivity index (χ0v) is 18.0. The first-order valence-corrected chi connectivity index (χ1v) is 11.2. The summed E-state index contributed by atoms with van der Waals surface area (Å²) in [6.07, 6.45) is 8.86. The Hall–Kier alpha value is -1.54. The van der Waals surface area contributed by atoms with E-state index in [9.17, 15) is 14.7 Å². The summed E-state index contributed by atoms with van der Waals surface area (Å²) >= 11 is 0. The van der Waals surface area contributed by atoms with E-state index in [1.807, 2.05) is 6.08 Å². The van der Waals surface area contributed by atoms with Crippen molar-refractivity contribution in [3.63, 3.8) is 0 Å². The molecule has 7 heteroatoms. The average Bonchev–Trinajstić information content (AvgIpc) is 3.62. The van der Waals surface area contributed by atoms with Gasteiger partial charge < -0.3 is 24.6 Å². The molecule has 2 N–H and O–H groups in total. The Morgan fingerprint density at radius 1 is 1.27 bits per heavy atom. The number of hydrogen-bond acceptors (Lipinski definition) is 6. The third-order valence-electron chi connectivity index (χ3n) is 6.93. The van der Waals surface area contributed by atoms with E-state index in [-0.39, 0.29) is 23.9 Å². The molecule has 1 spiro atoms. The van der Waals surface area contributed by atoms with Crippen molar-refractivity contribution in [3.05, 3.63) is 23.8 Å². The lowest BCUT2D eigenvalue weighted by atomic mass is 9.81. The van der Waals surface area contributed by atoms with Gasteiger partial charge in [-0.1, -0.05) is 57.3 Å². The summed E-state index contributed by atoms with van der Waals surface area (Å²) < 4.78 is 16.8. The molecule has 0 aromatic rings. The van der Waals surface area contributed by atoms with Gasteiger partial charge in [-0.15, -0.1) is 0 Å². The molecular formula is C23H33NO6. The monoisotopic (exact) mass is 419 g/mol. The molecule has 166 valence electrons. The fourth-order valence-corrected chi connectivity index (χ4v) is 4.80. The van der Waals surface area contributed by atoms with Gasteiger partial charge in [-0.3, -0.25) is 9.59 Å². The van der Waals surface area contributed by atoms with E-state index in [0.29, 0.717) is 12.3 Å². The number of allylic oxidation sites excluding steroid dienone is 3. The van der Waals surface area contributed by atoms with E-state index in [2.05, 4.69) is 26.1 Å². The third kappa shape index (κ3) is 4.13. The normalized spacial score (nSPS) is 40.4. The number of amides is 1. The number of unbranched alkanes of at least 4 members (excludes halogenated alkanes) is 3. The fraction of sp³-hybridized carbons (Fsp3) is 0.739. The number of rotatable bonds is 9. The highest BCUT2D eigenvalue weighted by Crippen LogP contribution is 2.57. The summed E-state index contributed by atoms with van der Waals surface area (Å²) in [4.78, 5) is 24.3. The van der Waals surface area contributed by atoms with Crippen molar-refractivity contribution in [2.45, 2.75) is 102 Å². The van der Waals surface area contributed by atoms with Crippen LogP contribution in [0.25, 0.3) is 0 Å². The van der Waals surface area contributed by atoms with Crippen molar-refractivity contribution in [2.75, 3.05) is 0 Å². The molecular weight excluding hydrogens is 386 g/mol. The summed E-state index contributed by atoms with van der Waals surface area (Å²) in [6, 6.07) is -0.562. The molecule has 7 atom stereocenters. The van der Waals surface area contributed by atoms with E-state index in [1.165, 1.54) is 37.3 Å². The minimum absolute atomic E-state index is 0.0362. The fourth-order valence-electron chi connectivity index (χ4n) is 4.80. The van der Waals surface area contributed by atoms with Gasteiger partial charge in [0.15, 0.2) is 12.1 Å². The Bertz CT molecular complexity index is 726. The molecule has 3 aliphatic heterocycles. The molecule has 0 bridgehead atoms. The Morgan fingerprint density at radius 2 is 1.97 bits per heavy atom. The van der Waals surface area contributed by atoms with Gasteiger partial charge in [-0.05, 0) is 19.3 Å². The SMILES string of the molecule is CCCCCCC(C)C(C)=CC=CC(=O)NC1CC2(OC1O)C1OC1C(=O)C1OC12. The smallest absolute Gasteiger partial charge is 0.244 e. The molecule has 30 heavy (non-hydrogen) atoms. The number of ether oxygens (including phenoxy) is 3. The Balaban J connectivity index is 1.26. The molecule has 1 aliphatic carbocycles. The number of fused-ring (bicyclic) bond motifs is 4. The quantitative estimate of drug-likeness (QED) is 0.257. The van der Waals surface area contributed by atoms with Crippen LogP contribution in [0.4, 0.5) is 0 Å². The average molecular weight is 420 g/mol. The minimum Gasteiger partial charge on any atom is -0.366 e.